The number of phenols is 2. The first kappa shape index (κ1) is 61.4. The number of hydrogen-bond acceptors (Lipinski definition) is 13. The highest BCUT2D eigenvalue weighted by atomic mass is 28.4. The number of aliphatic hydroxyl groups excluding tert-OH is 1. The van der Waals surface area contributed by atoms with Crippen molar-refractivity contribution in [1.29, 1.82) is 0 Å². The maximum atomic E-state index is 12.5. The summed E-state index contributed by atoms with van der Waals surface area (Å²) >= 11 is 0. The molecule has 0 bridgehead atoms. The van der Waals surface area contributed by atoms with Crippen molar-refractivity contribution in [3.8, 4) is 23.0 Å². The number of rotatable bonds is 10. The van der Waals surface area contributed by atoms with E-state index in [0.717, 1.165) is 48.4 Å². The number of halogens is 2. The van der Waals surface area contributed by atoms with Gasteiger partial charge in [0, 0.05) is 48.2 Å². The van der Waals surface area contributed by atoms with Gasteiger partial charge in [0.1, 0.15) is 23.0 Å². The Morgan fingerprint density at radius 2 is 0.923 bits per heavy atom. The van der Waals surface area contributed by atoms with E-state index in [0.29, 0.717) is 24.5 Å². The molecule has 0 saturated heterocycles. The molecule has 0 radical (unpaired) electrons. The second-order valence-electron chi connectivity index (χ2n) is 16.7. The molecule has 366 valence electrons. The van der Waals surface area contributed by atoms with E-state index in [9.17, 15) is 39.1 Å². The van der Waals surface area contributed by atoms with Gasteiger partial charge in [-0.3, -0.25) is 34.7 Å². The van der Waals surface area contributed by atoms with E-state index in [-0.39, 0.29) is 37.9 Å². The lowest BCUT2D eigenvalue weighted by atomic mass is 10.1. The quantitative estimate of drug-likeness (QED) is 0.0429. The van der Waals surface area contributed by atoms with Gasteiger partial charge in [0.25, 0.3) is 11.4 Å². The predicted octanol–water partition coefficient (Wildman–Crippen LogP) is 11.8. The van der Waals surface area contributed by atoms with Crippen LogP contribution in [-0.2, 0) is 19.3 Å². The molecule has 0 spiro atoms. The Labute approximate surface area is 386 Å². The SMILES string of the molecule is CCc1cc(O)ccc1[N+](=O)[O-].CCc1cc(O[Si](C)(C)C(C)(C)C)ccc1N.CCc1cc(O[Si](C)(C)C(C)(C)C)ccc1[N+](=O)[O-].CN.CO.O=[N+]([O-])c1ccc(O)cc1F.[2H]CF. The van der Waals surface area contributed by atoms with Gasteiger partial charge in [0.2, 0.25) is 22.5 Å². The minimum Gasteiger partial charge on any atom is -0.543 e. The lowest BCUT2D eigenvalue weighted by Gasteiger charge is -2.36. The number of phenolic OH excluding ortho intramolecular Hbond substituents is 2. The van der Waals surface area contributed by atoms with Crippen molar-refractivity contribution in [2.75, 3.05) is 27.0 Å². The van der Waals surface area contributed by atoms with Gasteiger partial charge in [-0.25, -0.2) is 0 Å². The van der Waals surface area contributed by atoms with E-state index in [1.165, 1.54) is 30.8 Å². The number of nitrogen functional groups attached to an aromatic ring is 1. The third-order valence-electron chi connectivity index (χ3n) is 10.3. The smallest absolute Gasteiger partial charge is 0.305 e. The second-order valence-corrected chi connectivity index (χ2v) is 26.1. The van der Waals surface area contributed by atoms with Gasteiger partial charge in [0.05, 0.1) is 23.3 Å². The second kappa shape index (κ2) is 29.7. The Kier molecular flexibility index (Phi) is 28.0. The molecule has 0 aromatic heterocycles. The monoisotopic (exact) mass is 954 g/mol. The summed E-state index contributed by atoms with van der Waals surface area (Å²) in [5.41, 5.74) is 13.3. The first-order chi connectivity index (χ1) is 30.4. The van der Waals surface area contributed by atoms with E-state index in [4.69, 9.17) is 31.3 Å². The number of nitro benzene ring substituents is 3. The molecule has 20 heteroatoms. The Balaban J connectivity index is -0.000000779. The summed E-state index contributed by atoms with van der Waals surface area (Å²) in [6, 6.07) is 17.8. The topological polar surface area (TPSA) is 261 Å². The molecule has 4 aromatic carbocycles. The molecule has 0 atom stereocenters. The van der Waals surface area contributed by atoms with Gasteiger partial charge in [-0.1, -0.05) is 62.3 Å². The van der Waals surface area contributed by atoms with Crippen molar-refractivity contribution >= 4 is 39.4 Å². The highest BCUT2D eigenvalue weighted by Crippen LogP contribution is 2.39. The summed E-state index contributed by atoms with van der Waals surface area (Å²) in [4.78, 5) is 29.7. The average Bonchev–Trinajstić information content (AvgIpc) is 3.22. The van der Waals surface area contributed by atoms with Crippen LogP contribution in [0.5, 0.6) is 23.0 Å². The molecule has 16 nitrogen and oxygen atoms in total. The van der Waals surface area contributed by atoms with Gasteiger partial charge in [-0.2, -0.15) is 4.39 Å². The van der Waals surface area contributed by atoms with Crippen LogP contribution in [0.25, 0.3) is 0 Å². The van der Waals surface area contributed by atoms with Crippen molar-refractivity contribution in [2.45, 2.75) is 118 Å². The summed E-state index contributed by atoms with van der Waals surface area (Å²) in [5.74, 6) is 0.414. The maximum Gasteiger partial charge on any atom is 0.305 e. The first-order valence-electron chi connectivity index (χ1n) is 21.1. The van der Waals surface area contributed by atoms with Gasteiger partial charge < -0.3 is 35.6 Å². The summed E-state index contributed by atoms with van der Waals surface area (Å²) in [6.45, 7) is 27.9. The Morgan fingerprint density at radius 1 is 0.615 bits per heavy atom. The van der Waals surface area contributed by atoms with Crippen LogP contribution >= 0.6 is 0 Å². The molecule has 0 unspecified atom stereocenters. The van der Waals surface area contributed by atoms with Gasteiger partial charge >= 0.3 is 5.69 Å². The third kappa shape index (κ3) is 21.7. The molecule has 7 N–H and O–H groups in total. The first-order valence-corrected chi connectivity index (χ1v) is 26.3. The number of benzene rings is 4. The van der Waals surface area contributed by atoms with Crippen molar-refractivity contribution in [1.82, 2.24) is 0 Å². The van der Waals surface area contributed by atoms with Crippen LogP contribution in [0.4, 0.5) is 31.5 Å². The zero-order chi connectivity index (χ0) is 52.4. The number of aliphatic hydroxyl groups is 1. The van der Waals surface area contributed by atoms with E-state index < -0.39 is 45.1 Å². The van der Waals surface area contributed by atoms with E-state index in [1.807, 2.05) is 26.0 Å². The number of hydrogen-bond donors (Lipinski definition) is 5. The third-order valence-corrected chi connectivity index (χ3v) is 19.0. The molecule has 0 aliphatic rings. The van der Waals surface area contributed by atoms with Crippen LogP contribution in [0.2, 0.25) is 36.3 Å². The van der Waals surface area contributed by atoms with E-state index in [2.05, 4.69) is 86.5 Å². The average molecular weight is 955 g/mol. The van der Waals surface area contributed by atoms with Gasteiger partial charge in [0.15, 0.2) is 0 Å². The lowest BCUT2D eigenvalue weighted by molar-refractivity contribution is -0.387. The molecular formula is C45H73F2N5O11Si2. The standard InChI is InChI=1S/C14H23NO3Si.C14H25NOSi.C8H9NO3.C6H4FNO3.CH3F.CH5N.CH4O/c1-7-11-10-12(8-9-13(11)15(16)17)18-19(5,6)14(2,3)4;1-7-11-10-12(8-9-13(11)15)16-17(5,6)14(2,3)4;1-2-6-5-7(10)3-4-8(6)9(11)12;7-5-3-4(9)1-2-6(5)8(10)11;3*1-2/h8-10H,7H2,1-6H3;8-10H,7,15H2,1-6H3;3-5,10H,2H2,1H3;1-3,9H;1H3;2H2,1H3;2H,1H3/i;;;;1D;;. The lowest BCUT2D eigenvalue weighted by Crippen LogP contribution is -2.43. The predicted molar refractivity (Wildman–Crippen MR) is 263 cm³/mol. The number of anilines is 1. The molecule has 0 amide bonds. The fourth-order valence-electron chi connectivity index (χ4n) is 4.61. The molecular weight excluding hydrogens is 881 g/mol. The molecule has 4 rings (SSSR count). The van der Waals surface area contributed by atoms with Crippen LogP contribution in [0.1, 0.15) is 80.4 Å². The summed E-state index contributed by atoms with van der Waals surface area (Å²) in [6.07, 6.45) is 2.12. The van der Waals surface area contributed by atoms with Crippen LogP contribution in [0.15, 0.2) is 72.8 Å². The molecule has 0 aliphatic heterocycles. The normalized spacial score (nSPS) is 10.8. The van der Waals surface area contributed by atoms with Gasteiger partial charge in [-0.15, -0.1) is 0 Å². The number of nitrogens with zero attached hydrogens (tertiary/aromatic N) is 3. The van der Waals surface area contributed by atoms with Gasteiger partial charge in [-0.05, 0) is 117 Å². The highest BCUT2D eigenvalue weighted by molar-refractivity contribution is 6.75. The van der Waals surface area contributed by atoms with E-state index in [1.54, 1.807) is 18.2 Å². The Bertz CT molecular complexity index is 2100. The molecule has 0 fully saturated rings. The van der Waals surface area contributed by atoms with Crippen LogP contribution in [0, 0.1) is 36.2 Å². The zero-order valence-electron chi connectivity index (χ0n) is 41.6. The zero-order valence-corrected chi connectivity index (χ0v) is 42.6. The molecule has 0 heterocycles. The van der Waals surface area contributed by atoms with Crippen molar-refractivity contribution in [2.24, 2.45) is 5.73 Å². The summed E-state index contributed by atoms with van der Waals surface area (Å²) < 4.78 is 40.4. The van der Waals surface area contributed by atoms with Crippen LogP contribution in [0.3, 0.4) is 0 Å². The van der Waals surface area contributed by atoms with Crippen molar-refractivity contribution < 1.29 is 49.1 Å². The fraction of sp³-hybridized carbons (Fsp3) is 0.467. The van der Waals surface area contributed by atoms with Crippen molar-refractivity contribution in [3.63, 3.8) is 0 Å². The highest BCUT2D eigenvalue weighted by Gasteiger charge is 2.40. The van der Waals surface area contributed by atoms with Crippen molar-refractivity contribution in [3.05, 3.63) is 126 Å². The number of aryl methyl sites for hydroxylation is 3. The minimum absolute atomic E-state index is 0.0651. The maximum absolute atomic E-state index is 12.5. The fourth-order valence-corrected chi connectivity index (χ4v) is 6.66. The van der Waals surface area contributed by atoms with Crippen LogP contribution in [-0.4, -0.2) is 68.0 Å². The molecule has 65 heavy (non-hydrogen) atoms. The number of nitrogens with two attached hydrogens (primary N) is 2. The number of alkyl halides is 1. The number of nitro groups is 3. The number of aromatic hydroxyl groups is 2. The molecule has 4 aromatic rings. The largest absolute Gasteiger partial charge is 0.543 e. The molecule has 0 aliphatic carbocycles. The molecule has 0 saturated carbocycles. The Hall–Kier alpha value is -5.71. The Morgan fingerprint density at radius 3 is 1.26 bits per heavy atom. The van der Waals surface area contributed by atoms with Crippen LogP contribution < -0.4 is 20.3 Å². The summed E-state index contributed by atoms with van der Waals surface area (Å²) in [5, 5.41) is 56.4. The summed E-state index contributed by atoms with van der Waals surface area (Å²) in [7, 11) is -2.14. The van der Waals surface area contributed by atoms with E-state index >= 15 is 0 Å². The minimum atomic E-state index is -1.90.